The molecule has 0 atom stereocenters. The summed E-state index contributed by atoms with van der Waals surface area (Å²) >= 11 is 0. The van der Waals surface area contributed by atoms with Crippen molar-refractivity contribution >= 4 is 20.8 Å². The highest BCUT2D eigenvalue weighted by Crippen LogP contribution is 2.60. The number of rotatable bonds is 4. The predicted octanol–water partition coefficient (Wildman–Crippen LogP) is 0.867. The molecule has 0 aliphatic carbocycles. The van der Waals surface area contributed by atoms with Crippen LogP contribution >= 0.6 is 15.2 Å². The van der Waals surface area contributed by atoms with E-state index in [2.05, 4.69) is 4.98 Å². The highest BCUT2D eigenvalue weighted by Gasteiger charge is 2.43. The number of aryl methyl sites for hydroxylation is 1. The van der Waals surface area contributed by atoms with E-state index in [9.17, 15) is 9.13 Å². The molecule has 2 heterocycles. The van der Waals surface area contributed by atoms with Gasteiger partial charge in [0.1, 0.15) is 5.65 Å². The molecule has 0 unspecified atom stereocenters. The average Bonchev–Trinajstić information content (AvgIpc) is 2.65. The van der Waals surface area contributed by atoms with Crippen LogP contribution in [0.2, 0.25) is 0 Å². The Bertz CT molecular complexity index is 708. The molecule has 2 rings (SSSR count). The molecule has 20 heavy (non-hydrogen) atoms. The summed E-state index contributed by atoms with van der Waals surface area (Å²) in [6, 6.07) is 3.53. The summed E-state index contributed by atoms with van der Waals surface area (Å²) in [5.41, 5.74) is 1.77. The number of pyridine rings is 1. The normalized spacial score (nSPS) is 13.3. The summed E-state index contributed by atoms with van der Waals surface area (Å²) in [4.78, 5) is 40.5. The van der Waals surface area contributed by atoms with Crippen molar-refractivity contribution in [2.24, 2.45) is 0 Å². The zero-order valence-electron chi connectivity index (χ0n) is 10.5. The zero-order valence-corrected chi connectivity index (χ0v) is 12.3. The van der Waals surface area contributed by atoms with Crippen LogP contribution in [0.1, 0.15) is 11.3 Å². The lowest BCUT2D eigenvalue weighted by Gasteiger charge is -2.19. The van der Waals surface area contributed by atoms with Crippen molar-refractivity contribution in [1.29, 1.82) is 0 Å². The Balaban J connectivity index is 2.47. The first-order valence-corrected chi connectivity index (χ1v) is 8.98. The topological polar surface area (TPSA) is 132 Å². The van der Waals surface area contributed by atoms with Gasteiger partial charge in [-0.3, -0.25) is 9.13 Å². The molecule has 110 valence electrons. The fraction of sp³-hybridized carbons (Fsp3) is 0.300. The van der Waals surface area contributed by atoms with Gasteiger partial charge < -0.3 is 24.0 Å². The smallest absolute Gasteiger partial charge is 0.324 e. The average molecular weight is 320 g/mol. The molecular weight excluding hydrogens is 306 g/mol. The molecule has 0 fully saturated rings. The minimum atomic E-state index is -4.93. The molecule has 0 aromatic carbocycles. The number of hydrogen-bond acceptors (Lipinski definition) is 3. The van der Waals surface area contributed by atoms with Crippen molar-refractivity contribution in [2.45, 2.75) is 18.7 Å². The van der Waals surface area contributed by atoms with Crippen LogP contribution in [0, 0.1) is 6.92 Å². The number of nitrogens with zero attached hydrogens (tertiary/aromatic N) is 2. The largest absolute Gasteiger partial charge is 0.341 e. The van der Waals surface area contributed by atoms with E-state index >= 15 is 0 Å². The van der Waals surface area contributed by atoms with Crippen LogP contribution < -0.4 is 0 Å². The van der Waals surface area contributed by atoms with Crippen molar-refractivity contribution in [2.75, 3.05) is 0 Å². The Kier molecular flexibility index (Phi) is 3.90. The molecule has 0 aliphatic rings. The molecule has 2 aromatic heterocycles. The van der Waals surface area contributed by atoms with Crippen molar-refractivity contribution < 1.29 is 28.7 Å². The van der Waals surface area contributed by atoms with Crippen LogP contribution in [0.4, 0.5) is 0 Å². The minimum Gasteiger partial charge on any atom is -0.324 e. The van der Waals surface area contributed by atoms with Gasteiger partial charge in [-0.05, 0) is 18.6 Å². The van der Waals surface area contributed by atoms with Crippen molar-refractivity contribution in [1.82, 2.24) is 9.38 Å². The Morgan fingerprint density at radius 2 is 1.80 bits per heavy atom. The quantitative estimate of drug-likeness (QED) is 0.614. The van der Waals surface area contributed by atoms with Gasteiger partial charge in [0.25, 0.3) is 0 Å². The summed E-state index contributed by atoms with van der Waals surface area (Å²) in [6.45, 7) is 1.83. The summed E-state index contributed by atoms with van der Waals surface area (Å²) in [5.74, 6) is 0. The van der Waals surface area contributed by atoms with Gasteiger partial charge in [-0.25, -0.2) is 4.98 Å². The monoisotopic (exact) mass is 320 g/mol. The number of aromatic nitrogens is 2. The van der Waals surface area contributed by atoms with Crippen molar-refractivity contribution in [3.05, 3.63) is 35.8 Å². The SMILES string of the molecule is Cc1ccc2ncc(CC(P(=O)(O)O)P(=O)(O)O)n2c1. The highest BCUT2D eigenvalue weighted by atomic mass is 31.2. The summed E-state index contributed by atoms with van der Waals surface area (Å²) in [7, 11) is -9.87. The standard InChI is InChI=1S/C10H14N2O6P2/c1-7-2-3-9-11-5-8(12(9)6-7)4-10(19(13,14)15)20(16,17)18/h2-3,5-6,10H,4H2,1H3,(H2,13,14,15)(H2,16,17,18). The third-order valence-corrected chi connectivity index (χ3v) is 6.62. The van der Waals surface area contributed by atoms with E-state index in [0.717, 1.165) is 5.56 Å². The van der Waals surface area contributed by atoms with Crippen LogP contribution in [0.15, 0.2) is 24.5 Å². The molecule has 0 spiro atoms. The number of imidazole rings is 1. The lowest BCUT2D eigenvalue weighted by atomic mass is 10.3. The molecule has 8 nitrogen and oxygen atoms in total. The number of hydrogen-bond donors (Lipinski definition) is 4. The van der Waals surface area contributed by atoms with Crippen molar-refractivity contribution in [3.63, 3.8) is 0 Å². The Morgan fingerprint density at radius 1 is 1.20 bits per heavy atom. The van der Waals surface area contributed by atoms with E-state index in [1.54, 1.807) is 16.7 Å². The van der Waals surface area contributed by atoms with Gasteiger partial charge in [0.15, 0.2) is 5.40 Å². The Hall–Kier alpha value is -1.01. The first-order valence-electron chi connectivity index (χ1n) is 5.62. The molecular formula is C10H14N2O6P2. The molecule has 10 heteroatoms. The summed E-state index contributed by atoms with van der Waals surface area (Å²) in [5, 5.41) is -2.06. The Labute approximate surface area is 114 Å². The fourth-order valence-electron chi connectivity index (χ4n) is 1.91. The van der Waals surface area contributed by atoms with E-state index in [1.807, 2.05) is 13.0 Å². The second-order valence-electron chi connectivity index (χ2n) is 4.55. The predicted molar refractivity (Wildman–Crippen MR) is 71.5 cm³/mol. The lowest BCUT2D eigenvalue weighted by molar-refractivity contribution is 0.337. The second kappa shape index (κ2) is 5.07. The third-order valence-electron chi connectivity index (χ3n) is 2.90. The Morgan fingerprint density at radius 3 is 2.35 bits per heavy atom. The molecule has 0 radical (unpaired) electrons. The van der Waals surface area contributed by atoms with Gasteiger partial charge in [-0.1, -0.05) is 6.07 Å². The molecule has 0 aliphatic heterocycles. The number of fused-ring (bicyclic) bond motifs is 1. The maximum Gasteiger partial charge on any atom is 0.341 e. The molecule has 0 amide bonds. The van der Waals surface area contributed by atoms with E-state index < -0.39 is 27.0 Å². The molecule has 0 saturated heterocycles. The molecule has 0 bridgehead atoms. The van der Waals surface area contributed by atoms with E-state index in [0.29, 0.717) is 11.3 Å². The van der Waals surface area contributed by atoms with Gasteiger partial charge in [0.2, 0.25) is 0 Å². The first-order chi connectivity index (χ1) is 9.09. The van der Waals surface area contributed by atoms with Crippen molar-refractivity contribution in [3.8, 4) is 0 Å². The molecule has 2 aromatic rings. The van der Waals surface area contributed by atoms with Gasteiger partial charge >= 0.3 is 15.2 Å². The van der Waals surface area contributed by atoms with Crippen LogP contribution in [-0.4, -0.2) is 34.4 Å². The van der Waals surface area contributed by atoms with Crippen LogP contribution in [0.25, 0.3) is 5.65 Å². The van der Waals surface area contributed by atoms with Gasteiger partial charge in [-0.15, -0.1) is 0 Å². The van der Waals surface area contributed by atoms with E-state index in [1.165, 1.54) is 6.20 Å². The van der Waals surface area contributed by atoms with Gasteiger partial charge in [0, 0.05) is 24.5 Å². The maximum absolute atomic E-state index is 11.3. The first kappa shape index (κ1) is 15.4. The third kappa shape index (κ3) is 3.17. The van der Waals surface area contributed by atoms with Crippen LogP contribution in [0.3, 0.4) is 0 Å². The second-order valence-corrected chi connectivity index (χ2v) is 8.56. The van der Waals surface area contributed by atoms with E-state index in [4.69, 9.17) is 19.6 Å². The maximum atomic E-state index is 11.3. The molecule has 4 N–H and O–H groups in total. The fourth-order valence-corrected chi connectivity index (χ4v) is 4.33. The van der Waals surface area contributed by atoms with Crippen LogP contribution in [0.5, 0.6) is 0 Å². The summed E-state index contributed by atoms with van der Waals surface area (Å²) < 4.78 is 24.1. The van der Waals surface area contributed by atoms with Crippen LogP contribution in [-0.2, 0) is 15.6 Å². The zero-order chi connectivity index (χ0) is 15.1. The van der Waals surface area contributed by atoms with E-state index in [-0.39, 0.29) is 0 Å². The van der Waals surface area contributed by atoms with Gasteiger partial charge in [-0.2, -0.15) is 0 Å². The minimum absolute atomic E-state index is 0.334. The van der Waals surface area contributed by atoms with Gasteiger partial charge in [0.05, 0.1) is 0 Å². The lowest BCUT2D eigenvalue weighted by Crippen LogP contribution is -2.14. The highest BCUT2D eigenvalue weighted by molar-refractivity contribution is 7.70. The molecule has 0 saturated carbocycles. The summed E-state index contributed by atoms with van der Waals surface area (Å²) in [6.07, 6.45) is 2.58.